The molecule has 1 rings (SSSR count). The van der Waals surface area contributed by atoms with Crippen LogP contribution in [0, 0.1) is 11.3 Å². The lowest BCUT2D eigenvalue weighted by atomic mass is 10.3. The highest BCUT2D eigenvalue weighted by Crippen LogP contribution is 2.23. The molecule has 16 heavy (non-hydrogen) atoms. The van der Waals surface area contributed by atoms with E-state index in [4.69, 9.17) is 16.9 Å². The van der Waals surface area contributed by atoms with Crippen molar-refractivity contribution in [2.75, 3.05) is 0 Å². The van der Waals surface area contributed by atoms with Crippen LogP contribution in [0.1, 0.15) is 19.8 Å². The molecular formula is C11H12ClNO2S. The highest BCUT2D eigenvalue weighted by molar-refractivity contribution is 7.92. The third-order valence-electron chi connectivity index (χ3n) is 2.34. The van der Waals surface area contributed by atoms with Gasteiger partial charge in [0.25, 0.3) is 0 Å². The molecule has 0 aliphatic carbocycles. The quantitative estimate of drug-likeness (QED) is 0.833. The summed E-state index contributed by atoms with van der Waals surface area (Å²) in [5.41, 5.74) is 0. The Labute approximate surface area is 101 Å². The summed E-state index contributed by atoms with van der Waals surface area (Å²) < 4.78 is 24.2. The molecule has 1 aromatic carbocycles. The molecule has 5 heteroatoms. The number of sulfone groups is 1. The summed E-state index contributed by atoms with van der Waals surface area (Å²) in [4.78, 5) is 0.183. The van der Waals surface area contributed by atoms with E-state index < -0.39 is 15.1 Å². The predicted octanol–water partition coefficient (Wildman–Crippen LogP) is 2.81. The van der Waals surface area contributed by atoms with Crippen LogP contribution in [0.25, 0.3) is 0 Å². The molecule has 0 aliphatic heterocycles. The number of hydrogen-bond donors (Lipinski definition) is 0. The first-order valence-electron chi connectivity index (χ1n) is 4.88. The molecule has 1 aromatic rings. The maximum atomic E-state index is 12.1. The first-order chi connectivity index (χ1) is 7.52. The summed E-state index contributed by atoms with van der Waals surface area (Å²) in [7, 11) is -3.44. The van der Waals surface area contributed by atoms with Gasteiger partial charge >= 0.3 is 0 Å². The molecule has 0 amide bonds. The zero-order valence-electron chi connectivity index (χ0n) is 8.85. The van der Waals surface area contributed by atoms with Crippen molar-refractivity contribution < 1.29 is 8.42 Å². The van der Waals surface area contributed by atoms with Crippen molar-refractivity contribution in [2.24, 2.45) is 0 Å². The smallest absolute Gasteiger partial charge is 0.182 e. The van der Waals surface area contributed by atoms with Crippen molar-refractivity contribution in [3.63, 3.8) is 0 Å². The largest absolute Gasteiger partial charge is 0.223 e. The van der Waals surface area contributed by atoms with Crippen molar-refractivity contribution in [1.82, 2.24) is 0 Å². The van der Waals surface area contributed by atoms with E-state index in [9.17, 15) is 8.42 Å². The lowest BCUT2D eigenvalue weighted by molar-refractivity contribution is 0.576. The summed E-state index contributed by atoms with van der Waals surface area (Å²) >= 11 is 5.75. The first kappa shape index (κ1) is 13.0. The second kappa shape index (κ2) is 5.33. The van der Waals surface area contributed by atoms with Crippen LogP contribution in [-0.2, 0) is 9.84 Å². The monoisotopic (exact) mass is 257 g/mol. The number of nitriles is 1. The zero-order valence-corrected chi connectivity index (χ0v) is 10.4. The molecular weight excluding hydrogens is 246 g/mol. The van der Waals surface area contributed by atoms with Crippen LogP contribution >= 0.6 is 11.6 Å². The number of nitrogens with zero attached hydrogens (tertiary/aromatic N) is 1. The van der Waals surface area contributed by atoms with Gasteiger partial charge in [-0.25, -0.2) is 8.42 Å². The Morgan fingerprint density at radius 2 is 2.19 bits per heavy atom. The van der Waals surface area contributed by atoms with E-state index in [-0.39, 0.29) is 11.3 Å². The van der Waals surface area contributed by atoms with Gasteiger partial charge in [-0.2, -0.15) is 5.26 Å². The van der Waals surface area contributed by atoms with E-state index >= 15 is 0 Å². The zero-order chi connectivity index (χ0) is 12.2. The summed E-state index contributed by atoms with van der Waals surface area (Å²) in [6.07, 6.45) is 0.424. The fraction of sp³-hybridized carbons (Fsp3) is 0.364. The SMILES string of the molecule is CCC(CC#N)S(=O)(=O)c1cccc(Cl)c1. The van der Waals surface area contributed by atoms with Crippen LogP contribution in [0.3, 0.4) is 0 Å². The van der Waals surface area contributed by atoms with Gasteiger partial charge in [-0.15, -0.1) is 0 Å². The van der Waals surface area contributed by atoms with Gasteiger partial charge in [-0.1, -0.05) is 24.6 Å². The molecule has 0 saturated heterocycles. The fourth-order valence-electron chi connectivity index (χ4n) is 1.41. The summed E-state index contributed by atoms with van der Waals surface area (Å²) in [6, 6.07) is 8.02. The minimum atomic E-state index is -3.44. The Hall–Kier alpha value is -1.05. The topological polar surface area (TPSA) is 57.9 Å². The van der Waals surface area contributed by atoms with E-state index in [0.717, 1.165) is 0 Å². The minimum absolute atomic E-state index is 0.00530. The molecule has 0 fully saturated rings. The number of rotatable bonds is 4. The van der Waals surface area contributed by atoms with E-state index in [1.807, 2.05) is 6.07 Å². The second-order valence-electron chi connectivity index (χ2n) is 3.39. The molecule has 0 aromatic heterocycles. The average Bonchev–Trinajstić information content (AvgIpc) is 2.25. The van der Waals surface area contributed by atoms with E-state index in [0.29, 0.717) is 11.4 Å². The summed E-state index contributed by atoms with van der Waals surface area (Å²) in [6.45, 7) is 1.75. The Morgan fingerprint density at radius 3 is 2.69 bits per heavy atom. The fourth-order valence-corrected chi connectivity index (χ4v) is 3.34. The molecule has 0 bridgehead atoms. The number of hydrogen-bond acceptors (Lipinski definition) is 3. The highest BCUT2D eigenvalue weighted by atomic mass is 35.5. The van der Waals surface area contributed by atoms with Gasteiger partial charge in [-0.05, 0) is 24.6 Å². The molecule has 3 nitrogen and oxygen atoms in total. The van der Waals surface area contributed by atoms with Gasteiger partial charge in [0.15, 0.2) is 9.84 Å². The molecule has 1 atom stereocenters. The van der Waals surface area contributed by atoms with E-state index in [1.165, 1.54) is 12.1 Å². The predicted molar refractivity (Wildman–Crippen MR) is 62.9 cm³/mol. The molecule has 0 heterocycles. The maximum Gasteiger partial charge on any atom is 0.182 e. The van der Waals surface area contributed by atoms with Crippen LogP contribution in [0.5, 0.6) is 0 Å². The molecule has 0 spiro atoms. The highest BCUT2D eigenvalue weighted by Gasteiger charge is 2.25. The summed E-state index contributed by atoms with van der Waals surface area (Å²) in [5.74, 6) is 0. The Balaban J connectivity index is 3.16. The third kappa shape index (κ3) is 2.75. The maximum absolute atomic E-state index is 12.1. The first-order valence-corrected chi connectivity index (χ1v) is 6.81. The van der Waals surface area contributed by atoms with Gasteiger partial charge in [-0.3, -0.25) is 0 Å². The third-order valence-corrected chi connectivity index (χ3v) is 4.86. The van der Waals surface area contributed by atoms with Gasteiger partial charge in [0.2, 0.25) is 0 Å². The van der Waals surface area contributed by atoms with Crippen LogP contribution in [0.4, 0.5) is 0 Å². The lowest BCUT2D eigenvalue weighted by Gasteiger charge is -2.12. The van der Waals surface area contributed by atoms with Crippen molar-refractivity contribution >= 4 is 21.4 Å². The molecule has 0 N–H and O–H groups in total. The van der Waals surface area contributed by atoms with Crippen molar-refractivity contribution in [3.8, 4) is 6.07 Å². The second-order valence-corrected chi connectivity index (χ2v) is 6.06. The molecule has 0 saturated carbocycles. The van der Waals surface area contributed by atoms with Gasteiger partial charge in [0.1, 0.15) is 0 Å². The van der Waals surface area contributed by atoms with Gasteiger partial charge in [0.05, 0.1) is 22.6 Å². The Bertz CT molecular complexity index is 505. The van der Waals surface area contributed by atoms with Crippen molar-refractivity contribution in [2.45, 2.75) is 29.9 Å². The number of benzene rings is 1. The van der Waals surface area contributed by atoms with E-state index in [2.05, 4.69) is 0 Å². The van der Waals surface area contributed by atoms with E-state index in [1.54, 1.807) is 19.1 Å². The Kier molecular flexibility index (Phi) is 4.34. The average molecular weight is 258 g/mol. The molecule has 86 valence electrons. The molecule has 0 radical (unpaired) electrons. The molecule has 1 unspecified atom stereocenters. The van der Waals surface area contributed by atoms with Crippen LogP contribution in [0.2, 0.25) is 5.02 Å². The van der Waals surface area contributed by atoms with Crippen LogP contribution in [0.15, 0.2) is 29.2 Å². The van der Waals surface area contributed by atoms with Gasteiger partial charge < -0.3 is 0 Å². The lowest BCUT2D eigenvalue weighted by Crippen LogP contribution is -2.20. The van der Waals surface area contributed by atoms with Crippen LogP contribution in [-0.4, -0.2) is 13.7 Å². The normalized spacial score (nSPS) is 13.1. The number of halogens is 1. The van der Waals surface area contributed by atoms with Crippen molar-refractivity contribution in [1.29, 1.82) is 5.26 Å². The van der Waals surface area contributed by atoms with Crippen molar-refractivity contribution in [3.05, 3.63) is 29.3 Å². The Morgan fingerprint density at radius 1 is 1.50 bits per heavy atom. The minimum Gasteiger partial charge on any atom is -0.223 e. The summed E-state index contributed by atoms with van der Waals surface area (Å²) in [5, 5.41) is 8.32. The van der Waals surface area contributed by atoms with Gasteiger partial charge in [0, 0.05) is 5.02 Å². The molecule has 0 aliphatic rings. The van der Waals surface area contributed by atoms with Crippen LogP contribution < -0.4 is 0 Å². The standard InChI is InChI=1S/C11H12ClNO2S/c1-2-10(6-7-13)16(14,15)11-5-3-4-9(12)8-11/h3-5,8,10H,2,6H2,1H3.